The average molecular weight is 382 g/mol. The van der Waals surface area contributed by atoms with Crippen molar-refractivity contribution in [1.29, 1.82) is 0 Å². The lowest BCUT2D eigenvalue weighted by Gasteiger charge is -2.13. The van der Waals surface area contributed by atoms with Crippen LogP contribution in [0.15, 0.2) is 27.6 Å². The molecular weight excluding hydrogens is 369 g/mol. The van der Waals surface area contributed by atoms with Crippen LogP contribution in [0.4, 0.5) is 4.39 Å². The molecule has 2 N–H and O–H groups in total. The van der Waals surface area contributed by atoms with Gasteiger partial charge in [-0.25, -0.2) is 22.3 Å². The molecule has 9 heteroatoms. The zero-order valence-electron chi connectivity index (χ0n) is 10.8. The van der Waals surface area contributed by atoms with E-state index in [-0.39, 0.29) is 15.9 Å². The Morgan fingerprint density at radius 3 is 2.76 bits per heavy atom. The molecule has 0 amide bonds. The van der Waals surface area contributed by atoms with Crippen LogP contribution in [0.2, 0.25) is 0 Å². The van der Waals surface area contributed by atoms with Crippen molar-refractivity contribution in [3.05, 3.63) is 28.5 Å². The molecule has 21 heavy (non-hydrogen) atoms. The Morgan fingerprint density at radius 2 is 2.19 bits per heavy atom. The second kappa shape index (κ2) is 6.39. The van der Waals surface area contributed by atoms with E-state index in [9.17, 15) is 17.6 Å². The second-order valence-electron chi connectivity index (χ2n) is 4.59. The van der Waals surface area contributed by atoms with E-state index in [1.54, 1.807) is 0 Å². The first kappa shape index (κ1) is 16.3. The number of sulfonamides is 1. The number of hydrogen-bond donors (Lipinski definition) is 2. The van der Waals surface area contributed by atoms with Gasteiger partial charge in [-0.1, -0.05) is 0 Å². The molecular formula is C12H13BrFNO5S. The molecule has 0 spiro atoms. The Kier molecular flexibility index (Phi) is 4.97. The molecule has 1 fully saturated rings. The average Bonchev–Trinajstić information content (AvgIpc) is 2.85. The van der Waals surface area contributed by atoms with Crippen LogP contribution in [0, 0.1) is 5.82 Å². The van der Waals surface area contributed by atoms with E-state index >= 15 is 0 Å². The highest BCUT2D eigenvalue weighted by atomic mass is 79.9. The first-order chi connectivity index (χ1) is 9.79. The normalized spacial score (nSPS) is 22.4. The van der Waals surface area contributed by atoms with E-state index in [0.717, 1.165) is 18.2 Å². The van der Waals surface area contributed by atoms with Crippen molar-refractivity contribution in [2.24, 2.45) is 0 Å². The van der Waals surface area contributed by atoms with Gasteiger partial charge in [0.05, 0.1) is 11.0 Å². The summed E-state index contributed by atoms with van der Waals surface area (Å²) >= 11 is 3.00. The van der Waals surface area contributed by atoms with Crippen molar-refractivity contribution < 1.29 is 27.4 Å². The zero-order chi connectivity index (χ0) is 15.6. The number of halogens is 2. The van der Waals surface area contributed by atoms with E-state index < -0.39 is 34.0 Å². The SMILES string of the molecule is O=C(O)C1CCC(CNS(=O)(=O)c2ccc(F)cc2Br)O1. The Hall–Kier alpha value is -1.03. The summed E-state index contributed by atoms with van der Waals surface area (Å²) in [5.74, 6) is -1.61. The summed E-state index contributed by atoms with van der Waals surface area (Å²) in [7, 11) is -3.82. The van der Waals surface area contributed by atoms with Crippen molar-refractivity contribution in [3.8, 4) is 0 Å². The van der Waals surface area contributed by atoms with Gasteiger partial charge in [0, 0.05) is 11.0 Å². The molecule has 6 nitrogen and oxygen atoms in total. The summed E-state index contributed by atoms with van der Waals surface area (Å²) in [4.78, 5) is 10.7. The fourth-order valence-corrected chi connectivity index (χ4v) is 4.12. The fraction of sp³-hybridized carbons (Fsp3) is 0.417. The summed E-state index contributed by atoms with van der Waals surface area (Å²) < 4.78 is 44.8. The molecule has 1 saturated heterocycles. The standard InChI is InChI=1S/C12H13BrFNO5S/c13-9-5-7(14)1-4-11(9)21(18,19)15-6-8-2-3-10(20-8)12(16)17/h1,4-5,8,10,15H,2-3,6H2,(H,16,17). The van der Waals surface area contributed by atoms with Crippen LogP contribution < -0.4 is 4.72 Å². The lowest BCUT2D eigenvalue weighted by atomic mass is 10.2. The number of nitrogens with one attached hydrogen (secondary N) is 1. The van der Waals surface area contributed by atoms with Gasteiger partial charge in [-0.15, -0.1) is 0 Å². The highest BCUT2D eigenvalue weighted by Crippen LogP contribution is 2.24. The number of ether oxygens (including phenoxy) is 1. The van der Waals surface area contributed by atoms with Gasteiger partial charge < -0.3 is 9.84 Å². The molecule has 1 aliphatic heterocycles. The van der Waals surface area contributed by atoms with Gasteiger partial charge in [0.15, 0.2) is 6.10 Å². The van der Waals surface area contributed by atoms with Crippen LogP contribution in [0.1, 0.15) is 12.8 Å². The molecule has 1 aromatic carbocycles. The van der Waals surface area contributed by atoms with Gasteiger partial charge in [-0.3, -0.25) is 0 Å². The molecule has 0 saturated carbocycles. The summed E-state index contributed by atoms with van der Waals surface area (Å²) in [6.45, 7) is -0.0318. The topological polar surface area (TPSA) is 92.7 Å². The molecule has 2 unspecified atom stereocenters. The predicted molar refractivity (Wildman–Crippen MR) is 74.8 cm³/mol. The van der Waals surface area contributed by atoms with E-state index in [1.807, 2.05) is 0 Å². The maximum atomic E-state index is 13.0. The van der Waals surface area contributed by atoms with Crippen LogP contribution in [0.3, 0.4) is 0 Å². The van der Waals surface area contributed by atoms with E-state index in [0.29, 0.717) is 12.8 Å². The number of hydrogen-bond acceptors (Lipinski definition) is 4. The van der Waals surface area contributed by atoms with Gasteiger partial charge in [-0.05, 0) is 47.0 Å². The monoisotopic (exact) mass is 381 g/mol. The lowest BCUT2D eigenvalue weighted by molar-refractivity contribution is -0.149. The van der Waals surface area contributed by atoms with Crippen LogP contribution in [0.25, 0.3) is 0 Å². The Labute approximate surface area is 129 Å². The first-order valence-corrected chi connectivity index (χ1v) is 8.40. The summed E-state index contributed by atoms with van der Waals surface area (Å²) in [6.07, 6.45) is -0.566. The Balaban J connectivity index is 2.01. The van der Waals surface area contributed by atoms with Crippen LogP contribution >= 0.6 is 15.9 Å². The zero-order valence-corrected chi connectivity index (χ0v) is 13.2. The van der Waals surface area contributed by atoms with Crippen LogP contribution in [0.5, 0.6) is 0 Å². The number of carbonyl (C=O) groups is 1. The maximum Gasteiger partial charge on any atom is 0.332 e. The van der Waals surface area contributed by atoms with Crippen molar-refractivity contribution in [3.63, 3.8) is 0 Å². The second-order valence-corrected chi connectivity index (χ2v) is 7.18. The van der Waals surface area contributed by atoms with Crippen molar-refractivity contribution >= 4 is 31.9 Å². The highest BCUT2D eigenvalue weighted by molar-refractivity contribution is 9.10. The Bertz CT molecular complexity index is 651. The fourth-order valence-electron chi connectivity index (χ4n) is 2.01. The molecule has 1 aliphatic rings. The lowest BCUT2D eigenvalue weighted by Crippen LogP contribution is -2.33. The number of aliphatic carboxylic acids is 1. The van der Waals surface area contributed by atoms with Crippen LogP contribution in [-0.2, 0) is 19.6 Å². The third kappa shape index (κ3) is 4.00. The molecule has 1 heterocycles. The number of benzene rings is 1. The third-order valence-electron chi connectivity index (χ3n) is 3.07. The quantitative estimate of drug-likeness (QED) is 0.805. The number of carboxylic acid groups (broad SMARTS) is 1. The Morgan fingerprint density at radius 1 is 1.48 bits per heavy atom. The molecule has 0 aliphatic carbocycles. The largest absolute Gasteiger partial charge is 0.479 e. The summed E-state index contributed by atoms with van der Waals surface area (Å²) in [5.41, 5.74) is 0. The smallest absolute Gasteiger partial charge is 0.332 e. The number of carboxylic acids is 1. The van der Waals surface area contributed by atoms with E-state index in [4.69, 9.17) is 9.84 Å². The van der Waals surface area contributed by atoms with E-state index in [1.165, 1.54) is 0 Å². The van der Waals surface area contributed by atoms with Gasteiger partial charge in [0.1, 0.15) is 5.82 Å². The molecule has 0 aromatic heterocycles. The van der Waals surface area contributed by atoms with Crippen molar-refractivity contribution in [1.82, 2.24) is 4.72 Å². The van der Waals surface area contributed by atoms with E-state index in [2.05, 4.69) is 20.7 Å². The van der Waals surface area contributed by atoms with Gasteiger partial charge in [0.2, 0.25) is 10.0 Å². The summed E-state index contributed by atoms with van der Waals surface area (Å²) in [5, 5.41) is 8.79. The van der Waals surface area contributed by atoms with Gasteiger partial charge in [-0.2, -0.15) is 0 Å². The third-order valence-corrected chi connectivity index (χ3v) is 5.47. The minimum absolute atomic E-state index is 0.0318. The van der Waals surface area contributed by atoms with Gasteiger partial charge in [0.25, 0.3) is 0 Å². The highest BCUT2D eigenvalue weighted by Gasteiger charge is 2.31. The van der Waals surface area contributed by atoms with Gasteiger partial charge >= 0.3 is 5.97 Å². The minimum atomic E-state index is -3.82. The maximum absolute atomic E-state index is 13.0. The molecule has 0 radical (unpaired) electrons. The van der Waals surface area contributed by atoms with Crippen LogP contribution in [-0.4, -0.2) is 38.2 Å². The molecule has 2 atom stereocenters. The predicted octanol–water partition coefficient (Wildman–Crippen LogP) is 1.50. The molecule has 2 rings (SSSR count). The van der Waals surface area contributed by atoms with Crippen molar-refractivity contribution in [2.45, 2.75) is 29.9 Å². The minimum Gasteiger partial charge on any atom is -0.479 e. The number of rotatable bonds is 5. The molecule has 116 valence electrons. The molecule has 1 aromatic rings. The van der Waals surface area contributed by atoms with Crippen molar-refractivity contribution in [2.75, 3.05) is 6.54 Å². The first-order valence-electron chi connectivity index (χ1n) is 6.12. The molecule has 0 bridgehead atoms. The summed E-state index contributed by atoms with van der Waals surface area (Å²) in [6, 6.07) is 3.25.